The predicted octanol–water partition coefficient (Wildman–Crippen LogP) is 1.73. The van der Waals surface area contributed by atoms with E-state index in [2.05, 4.69) is 17.3 Å². The number of nitrogens with one attached hydrogen (secondary N) is 1. The molecular formula is C15H28N2O. The van der Waals surface area contributed by atoms with Crippen LogP contribution in [0.2, 0.25) is 0 Å². The van der Waals surface area contributed by atoms with Gasteiger partial charge in [0, 0.05) is 38.2 Å². The molecule has 4 unspecified atom stereocenters. The van der Waals surface area contributed by atoms with E-state index in [0.29, 0.717) is 12.0 Å². The van der Waals surface area contributed by atoms with Gasteiger partial charge in [0.05, 0.1) is 6.61 Å². The molecule has 0 aromatic carbocycles. The highest BCUT2D eigenvalue weighted by molar-refractivity contribution is 4.87. The second kappa shape index (κ2) is 5.89. The van der Waals surface area contributed by atoms with Gasteiger partial charge in [0.25, 0.3) is 0 Å². The first-order valence-electron chi connectivity index (χ1n) is 7.82. The molecule has 0 aromatic rings. The van der Waals surface area contributed by atoms with Crippen molar-refractivity contribution in [1.29, 1.82) is 0 Å². The SMILES string of the molecule is CNC1CCOCC1CN1CC2CCCC(C2)C1. The molecule has 2 heterocycles. The van der Waals surface area contributed by atoms with Gasteiger partial charge in [0.15, 0.2) is 0 Å². The number of rotatable bonds is 3. The van der Waals surface area contributed by atoms with Crippen LogP contribution in [-0.2, 0) is 4.74 Å². The zero-order chi connectivity index (χ0) is 12.4. The molecule has 1 aliphatic carbocycles. The molecule has 2 bridgehead atoms. The Hall–Kier alpha value is -0.120. The van der Waals surface area contributed by atoms with E-state index in [0.717, 1.165) is 25.0 Å². The van der Waals surface area contributed by atoms with E-state index < -0.39 is 0 Å². The summed E-state index contributed by atoms with van der Waals surface area (Å²) in [5.74, 6) is 2.69. The maximum absolute atomic E-state index is 5.68. The van der Waals surface area contributed by atoms with Crippen molar-refractivity contribution in [3.63, 3.8) is 0 Å². The number of fused-ring (bicyclic) bond motifs is 2. The Balaban J connectivity index is 1.55. The molecule has 0 radical (unpaired) electrons. The lowest BCUT2D eigenvalue weighted by atomic mass is 9.77. The smallest absolute Gasteiger partial charge is 0.0521 e. The molecule has 2 saturated heterocycles. The fourth-order valence-electron chi connectivity index (χ4n) is 4.38. The maximum atomic E-state index is 5.68. The Morgan fingerprint density at radius 2 is 1.94 bits per heavy atom. The van der Waals surface area contributed by atoms with Crippen LogP contribution in [0.1, 0.15) is 32.1 Å². The van der Waals surface area contributed by atoms with Gasteiger partial charge in [0.2, 0.25) is 0 Å². The zero-order valence-corrected chi connectivity index (χ0v) is 11.7. The minimum atomic E-state index is 0.667. The van der Waals surface area contributed by atoms with E-state index in [1.165, 1.54) is 51.7 Å². The molecule has 0 aromatic heterocycles. The van der Waals surface area contributed by atoms with Crippen LogP contribution in [0, 0.1) is 17.8 Å². The van der Waals surface area contributed by atoms with Crippen molar-refractivity contribution < 1.29 is 4.74 Å². The Bertz CT molecular complexity index is 259. The summed E-state index contributed by atoms with van der Waals surface area (Å²) in [5, 5.41) is 3.49. The number of hydrogen-bond donors (Lipinski definition) is 1. The average Bonchev–Trinajstić information content (AvgIpc) is 2.39. The predicted molar refractivity (Wildman–Crippen MR) is 73.7 cm³/mol. The molecular weight excluding hydrogens is 224 g/mol. The largest absolute Gasteiger partial charge is 0.381 e. The zero-order valence-electron chi connectivity index (χ0n) is 11.7. The summed E-state index contributed by atoms with van der Waals surface area (Å²) < 4.78 is 5.68. The molecule has 104 valence electrons. The lowest BCUT2D eigenvalue weighted by Gasteiger charge is -2.44. The minimum absolute atomic E-state index is 0.667. The van der Waals surface area contributed by atoms with Crippen LogP contribution < -0.4 is 5.32 Å². The lowest BCUT2D eigenvalue weighted by Crippen LogP contribution is -2.50. The van der Waals surface area contributed by atoms with Crippen LogP contribution in [0.3, 0.4) is 0 Å². The summed E-state index contributed by atoms with van der Waals surface area (Å²) in [5.41, 5.74) is 0. The van der Waals surface area contributed by atoms with Gasteiger partial charge < -0.3 is 15.0 Å². The standard InChI is InChI=1S/C15H28N2O/c1-16-15-5-6-18-11-14(15)10-17-8-12-3-2-4-13(7-12)9-17/h12-16H,2-11H2,1H3. The van der Waals surface area contributed by atoms with Crippen molar-refractivity contribution in [3.05, 3.63) is 0 Å². The summed E-state index contributed by atoms with van der Waals surface area (Å²) in [7, 11) is 2.11. The maximum Gasteiger partial charge on any atom is 0.0521 e. The summed E-state index contributed by atoms with van der Waals surface area (Å²) in [4.78, 5) is 2.74. The molecule has 3 nitrogen and oxygen atoms in total. The molecule has 0 spiro atoms. The van der Waals surface area contributed by atoms with Gasteiger partial charge in [-0.15, -0.1) is 0 Å². The van der Waals surface area contributed by atoms with Crippen molar-refractivity contribution in [3.8, 4) is 0 Å². The molecule has 2 aliphatic heterocycles. The summed E-state index contributed by atoms with van der Waals surface area (Å²) in [6.07, 6.45) is 7.12. The van der Waals surface area contributed by atoms with Crippen LogP contribution in [0.15, 0.2) is 0 Å². The summed E-state index contributed by atoms with van der Waals surface area (Å²) in [6, 6.07) is 0.667. The minimum Gasteiger partial charge on any atom is -0.381 e. The molecule has 3 rings (SSSR count). The van der Waals surface area contributed by atoms with Crippen LogP contribution >= 0.6 is 0 Å². The Kier molecular flexibility index (Phi) is 4.22. The van der Waals surface area contributed by atoms with E-state index >= 15 is 0 Å². The van der Waals surface area contributed by atoms with Gasteiger partial charge in [-0.05, 0) is 44.6 Å². The van der Waals surface area contributed by atoms with Crippen molar-refractivity contribution in [2.24, 2.45) is 17.8 Å². The van der Waals surface area contributed by atoms with Gasteiger partial charge in [-0.3, -0.25) is 0 Å². The van der Waals surface area contributed by atoms with Gasteiger partial charge >= 0.3 is 0 Å². The Morgan fingerprint density at radius 1 is 1.17 bits per heavy atom. The van der Waals surface area contributed by atoms with Crippen LogP contribution in [-0.4, -0.2) is 50.8 Å². The quantitative estimate of drug-likeness (QED) is 0.828. The highest BCUT2D eigenvalue weighted by Crippen LogP contribution is 2.34. The third kappa shape index (κ3) is 2.89. The highest BCUT2D eigenvalue weighted by Gasteiger charge is 2.33. The first-order valence-corrected chi connectivity index (χ1v) is 7.82. The van der Waals surface area contributed by atoms with E-state index in [-0.39, 0.29) is 0 Å². The molecule has 0 amide bonds. The second-order valence-electron chi connectivity index (χ2n) is 6.64. The molecule has 18 heavy (non-hydrogen) atoms. The average molecular weight is 252 g/mol. The Morgan fingerprint density at radius 3 is 2.67 bits per heavy atom. The van der Waals surface area contributed by atoms with Crippen LogP contribution in [0.5, 0.6) is 0 Å². The second-order valence-corrected chi connectivity index (χ2v) is 6.64. The number of hydrogen-bond acceptors (Lipinski definition) is 3. The number of likely N-dealkylation sites (tertiary alicyclic amines) is 1. The molecule has 1 N–H and O–H groups in total. The molecule has 4 atom stereocenters. The van der Waals surface area contributed by atoms with Gasteiger partial charge in [0.1, 0.15) is 0 Å². The van der Waals surface area contributed by atoms with Crippen molar-refractivity contribution in [1.82, 2.24) is 10.2 Å². The topological polar surface area (TPSA) is 24.5 Å². The van der Waals surface area contributed by atoms with Crippen molar-refractivity contribution in [2.75, 3.05) is 39.9 Å². The lowest BCUT2D eigenvalue weighted by molar-refractivity contribution is 0.000629. The Labute approximate surface area is 111 Å². The fourth-order valence-corrected chi connectivity index (χ4v) is 4.38. The molecule has 3 fully saturated rings. The van der Waals surface area contributed by atoms with Gasteiger partial charge in [-0.2, -0.15) is 0 Å². The van der Waals surface area contributed by atoms with E-state index in [4.69, 9.17) is 4.74 Å². The third-order valence-corrected chi connectivity index (χ3v) is 5.26. The van der Waals surface area contributed by atoms with Crippen LogP contribution in [0.25, 0.3) is 0 Å². The molecule has 3 heteroatoms. The van der Waals surface area contributed by atoms with Crippen molar-refractivity contribution >= 4 is 0 Å². The first kappa shape index (κ1) is 12.9. The fraction of sp³-hybridized carbons (Fsp3) is 1.00. The summed E-state index contributed by atoms with van der Waals surface area (Å²) in [6.45, 7) is 5.84. The number of piperidine rings is 1. The highest BCUT2D eigenvalue weighted by atomic mass is 16.5. The van der Waals surface area contributed by atoms with Crippen LogP contribution in [0.4, 0.5) is 0 Å². The third-order valence-electron chi connectivity index (χ3n) is 5.26. The van der Waals surface area contributed by atoms with Gasteiger partial charge in [-0.1, -0.05) is 6.42 Å². The molecule has 1 saturated carbocycles. The number of ether oxygens (including phenoxy) is 1. The first-order chi connectivity index (χ1) is 8.85. The van der Waals surface area contributed by atoms with E-state index in [1.54, 1.807) is 0 Å². The van der Waals surface area contributed by atoms with Crippen molar-refractivity contribution in [2.45, 2.75) is 38.1 Å². The number of nitrogens with zero attached hydrogens (tertiary/aromatic N) is 1. The van der Waals surface area contributed by atoms with E-state index in [9.17, 15) is 0 Å². The van der Waals surface area contributed by atoms with Gasteiger partial charge in [-0.25, -0.2) is 0 Å². The monoisotopic (exact) mass is 252 g/mol. The molecule has 3 aliphatic rings. The summed E-state index contributed by atoms with van der Waals surface area (Å²) >= 11 is 0. The normalized spacial score (nSPS) is 41.8. The van der Waals surface area contributed by atoms with E-state index in [1.807, 2.05) is 0 Å².